The average Bonchev–Trinajstić information content (AvgIpc) is 2.39. The molecule has 0 aromatic carbocycles. The molecule has 0 radical (unpaired) electrons. The minimum absolute atomic E-state index is 0.490. The van der Waals surface area contributed by atoms with E-state index in [0.29, 0.717) is 11.8 Å². The van der Waals surface area contributed by atoms with Gasteiger partial charge in [-0.25, -0.2) is 0 Å². The Bertz CT molecular complexity index is 409. The lowest BCUT2D eigenvalue weighted by Gasteiger charge is -2.26. The van der Waals surface area contributed by atoms with Crippen LogP contribution in [0.15, 0.2) is 12.3 Å². The SMILES string of the molecule is CC(C)c1cc(CN(C)C)c(C2CCOCC2)cn1. The molecule has 0 N–H and O–H groups in total. The van der Waals surface area contributed by atoms with Crippen LogP contribution in [-0.4, -0.2) is 37.2 Å². The topological polar surface area (TPSA) is 25.4 Å². The van der Waals surface area contributed by atoms with Gasteiger partial charge < -0.3 is 9.64 Å². The van der Waals surface area contributed by atoms with E-state index < -0.39 is 0 Å². The Balaban J connectivity index is 2.29. The molecular weight excluding hydrogens is 236 g/mol. The van der Waals surface area contributed by atoms with Gasteiger partial charge in [0.1, 0.15) is 0 Å². The Kier molecular flexibility index (Phi) is 4.94. The Labute approximate surface area is 117 Å². The smallest absolute Gasteiger partial charge is 0.0471 e. The van der Waals surface area contributed by atoms with Gasteiger partial charge in [-0.05, 0) is 56.0 Å². The summed E-state index contributed by atoms with van der Waals surface area (Å²) in [6, 6.07) is 2.30. The zero-order valence-corrected chi connectivity index (χ0v) is 12.6. The van der Waals surface area contributed by atoms with Crippen LogP contribution in [-0.2, 0) is 11.3 Å². The van der Waals surface area contributed by atoms with Crippen molar-refractivity contribution in [2.24, 2.45) is 0 Å². The van der Waals surface area contributed by atoms with Crippen molar-refractivity contribution in [2.75, 3.05) is 27.3 Å². The van der Waals surface area contributed by atoms with Gasteiger partial charge in [0.05, 0.1) is 0 Å². The fourth-order valence-electron chi connectivity index (χ4n) is 2.70. The van der Waals surface area contributed by atoms with E-state index in [-0.39, 0.29) is 0 Å². The molecule has 19 heavy (non-hydrogen) atoms. The Morgan fingerprint density at radius 3 is 2.58 bits per heavy atom. The number of rotatable bonds is 4. The number of hydrogen-bond acceptors (Lipinski definition) is 3. The highest BCUT2D eigenvalue weighted by atomic mass is 16.5. The van der Waals surface area contributed by atoms with Crippen molar-refractivity contribution < 1.29 is 4.74 Å². The highest BCUT2D eigenvalue weighted by Gasteiger charge is 2.20. The summed E-state index contributed by atoms with van der Waals surface area (Å²) in [5, 5.41) is 0. The third-order valence-electron chi connectivity index (χ3n) is 3.78. The Morgan fingerprint density at radius 1 is 1.32 bits per heavy atom. The zero-order valence-electron chi connectivity index (χ0n) is 12.6. The van der Waals surface area contributed by atoms with E-state index >= 15 is 0 Å². The predicted octanol–water partition coefficient (Wildman–Crippen LogP) is 3.16. The van der Waals surface area contributed by atoms with Crippen LogP contribution < -0.4 is 0 Å². The zero-order chi connectivity index (χ0) is 13.8. The summed E-state index contributed by atoms with van der Waals surface area (Å²) in [4.78, 5) is 6.90. The lowest BCUT2D eigenvalue weighted by molar-refractivity contribution is 0.0850. The largest absolute Gasteiger partial charge is 0.381 e. The van der Waals surface area contributed by atoms with Crippen molar-refractivity contribution in [1.82, 2.24) is 9.88 Å². The second-order valence-corrected chi connectivity index (χ2v) is 6.09. The maximum Gasteiger partial charge on any atom is 0.0471 e. The molecule has 1 aliphatic heterocycles. The van der Waals surface area contributed by atoms with E-state index in [0.717, 1.165) is 32.6 Å². The minimum atomic E-state index is 0.490. The maximum absolute atomic E-state index is 5.47. The second-order valence-electron chi connectivity index (χ2n) is 6.09. The first-order valence-corrected chi connectivity index (χ1v) is 7.29. The molecule has 2 heterocycles. The molecule has 2 rings (SSSR count). The molecule has 1 saturated heterocycles. The van der Waals surface area contributed by atoms with Crippen LogP contribution in [0.3, 0.4) is 0 Å². The third kappa shape index (κ3) is 3.77. The van der Waals surface area contributed by atoms with Crippen molar-refractivity contribution >= 4 is 0 Å². The Hall–Kier alpha value is -0.930. The molecule has 1 aliphatic rings. The summed E-state index contributed by atoms with van der Waals surface area (Å²) in [6.45, 7) is 7.18. The fourth-order valence-corrected chi connectivity index (χ4v) is 2.70. The normalized spacial score (nSPS) is 17.4. The molecule has 3 heteroatoms. The number of aromatic nitrogens is 1. The van der Waals surface area contributed by atoms with E-state index in [1.807, 2.05) is 0 Å². The van der Waals surface area contributed by atoms with Gasteiger partial charge in [-0.2, -0.15) is 0 Å². The molecule has 1 fully saturated rings. The van der Waals surface area contributed by atoms with Crippen LogP contribution in [0.25, 0.3) is 0 Å². The Morgan fingerprint density at radius 2 is 2.00 bits per heavy atom. The van der Waals surface area contributed by atoms with Gasteiger partial charge in [-0.3, -0.25) is 4.98 Å². The average molecular weight is 262 g/mol. The van der Waals surface area contributed by atoms with E-state index in [1.165, 1.54) is 16.8 Å². The van der Waals surface area contributed by atoms with Crippen molar-refractivity contribution in [3.63, 3.8) is 0 Å². The first-order valence-electron chi connectivity index (χ1n) is 7.29. The number of ether oxygens (including phenoxy) is 1. The van der Waals surface area contributed by atoms with E-state index in [1.54, 1.807) is 0 Å². The molecular formula is C16H26N2O. The molecule has 1 aromatic rings. The summed E-state index contributed by atoms with van der Waals surface area (Å²) in [6.07, 6.45) is 4.37. The van der Waals surface area contributed by atoms with Crippen LogP contribution in [0.5, 0.6) is 0 Å². The lowest BCUT2D eigenvalue weighted by atomic mass is 9.88. The summed E-state index contributed by atoms with van der Waals surface area (Å²) >= 11 is 0. The standard InChI is InChI=1S/C16H26N2O/c1-12(2)16-9-14(11-18(3)4)15(10-17-16)13-5-7-19-8-6-13/h9-10,12-13H,5-8,11H2,1-4H3. The molecule has 0 saturated carbocycles. The lowest BCUT2D eigenvalue weighted by Crippen LogP contribution is -2.19. The molecule has 0 bridgehead atoms. The summed E-state index contributed by atoms with van der Waals surface area (Å²) < 4.78 is 5.47. The molecule has 3 nitrogen and oxygen atoms in total. The number of pyridine rings is 1. The highest BCUT2D eigenvalue weighted by molar-refractivity contribution is 5.31. The minimum Gasteiger partial charge on any atom is -0.381 e. The van der Waals surface area contributed by atoms with Crippen LogP contribution in [0.1, 0.15) is 55.3 Å². The molecule has 0 unspecified atom stereocenters. The van der Waals surface area contributed by atoms with Crippen molar-refractivity contribution in [1.29, 1.82) is 0 Å². The van der Waals surface area contributed by atoms with Gasteiger partial charge in [0.15, 0.2) is 0 Å². The monoisotopic (exact) mass is 262 g/mol. The first kappa shape index (κ1) is 14.5. The highest BCUT2D eigenvalue weighted by Crippen LogP contribution is 2.30. The second kappa shape index (κ2) is 6.49. The van der Waals surface area contributed by atoms with Crippen molar-refractivity contribution in [2.45, 2.75) is 45.1 Å². The van der Waals surface area contributed by atoms with Gasteiger partial charge in [-0.1, -0.05) is 13.8 Å². The quantitative estimate of drug-likeness (QED) is 0.833. The van der Waals surface area contributed by atoms with Crippen molar-refractivity contribution in [3.05, 3.63) is 29.1 Å². The summed E-state index contributed by atoms with van der Waals surface area (Å²) in [5.41, 5.74) is 4.07. The van der Waals surface area contributed by atoms with Crippen LogP contribution in [0.4, 0.5) is 0 Å². The molecule has 0 amide bonds. The first-order chi connectivity index (χ1) is 9.08. The number of nitrogens with zero attached hydrogens (tertiary/aromatic N) is 2. The molecule has 0 atom stereocenters. The third-order valence-corrected chi connectivity index (χ3v) is 3.78. The molecule has 1 aromatic heterocycles. The summed E-state index contributed by atoms with van der Waals surface area (Å²) in [5.74, 6) is 1.11. The maximum atomic E-state index is 5.47. The van der Waals surface area contributed by atoms with Gasteiger partial charge in [0.25, 0.3) is 0 Å². The van der Waals surface area contributed by atoms with Gasteiger partial charge in [-0.15, -0.1) is 0 Å². The van der Waals surface area contributed by atoms with Crippen LogP contribution in [0.2, 0.25) is 0 Å². The molecule has 0 spiro atoms. The van der Waals surface area contributed by atoms with E-state index in [2.05, 4.69) is 50.1 Å². The van der Waals surface area contributed by atoms with E-state index in [4.69, 9.17) is 4.74 Å². The van der Waals surface area contributed by atoms with Crippen LogP contribution >= 0.6 is 0 Å². The predicted molar refractivity (Wildman–Crippen MR) is 78.5 cm³/mol. The number of hydrogen-bond donors (Lipinski definition) is 0. The molecule has 0 aliphatic carbocycles. The van der Waals surface area contributed by atoms with Gasteiger partial charge >= 0.3 is 0 Å². The van der Waals surface area contributed by atoms with E-state index in [9.17, 15) is 0 Å². The fraction of sp³-hybridized carbons (Fsp3) is 0.688. The van der Waals surface area contributed by atoms with Crippen LogP contribution in [0, 0.1) is 0 Å². The summed E-state index contributed by atoms with van der Waals surface area (Å²) in [7, 11) is 4.26. The molecule has 106 valence electrons. The van der Waals surface area contributed by atoms with Gasteiger partial charge in [0.2, 0.25) is 0 Å². The van der Waals surface area contributed by atoms with Crippen molar-refractivity contribution in [3.8, 4) is 0 Å². The van der Waals surface area contributed by atoms with Gasteiger partial charge in [0, 0.05) is 31.6 Å².